The number of hydrogen-bond donors (Lipinski definition) is 1. The number of hydrogen-bond acceptors (Lipinski definition) is 4. The van der Waals surface area contributed by atoms with Crippen LogP contribution in [0.15, 0.2) is 103 Å². The van der Waals surface area contributed by atoms with Crippen LogP contribution in [0.2, 0.25) is 0 Å². The Morgan fingerprint density at radius 3 is 2.26 bits per heavy atom. The molecule has 4 unspecified atom stereocenters. The van der Waals surface area contributed by atoms with Crippen molar-refractivity contribution in [3.8, 4) is 0 Å². The minimum Gasteiger partial charge on any atom is -0.358 e. The van der Waals surface area contributed by atoms with Gasteiger partial charge in [-0.15, -0.1) is 0 Å². The maximum absolute atomic E-state index is 14.9. The minimum atomic E-state index is -1.40. The number of rotatable bonds is 6. The smallest absolute Gasteiger partial charge is 0.238 e. The topological polar surface area (TPSA) is 66.5 Å². The summed E-state index contributed by atoms with van der Waals surface area (Å²) in [5.74, 6) is -1.98. The highest BCUT2D eigenvalue weighted by atomic mass is 19.1. The van der Waals surface area contributed by atoms with Crippen molar-refractivity contribution in [2.24, 2.45) is 11.8 Å². The summed E-state index contributed by atoms with van der Waals surface area (Å²) in [5.41, 5.74) is 3.59. The molecule has 0 bridgehead atoms. The first-order chi connectivity index (χ1) is 20.8. The maximum atomic E-state index is 14.9. The minimum absolute atomic E-state index is 0.274. The number of halogens is 1. The first kappa shape index (κ1) is 27.0. The molecule has 1 N–H and O–H groups in total. The lowest BCUT2D eigenvalue weighted by Crippen LogP contribution is -2.49. The second-order valence-electron chi connectivity index (χ2n) is 12.1. The van der Waals surface area contributed by atoms with Gasteiger partial charge in [-0.25, -0.2) is 4.39 Å². The lowest BCUT2D eigenvalue weighted by Gasteiger charge is -2.38. The second kappa shape index (κ2) is 10.2. The molecule has 1 amide bonds. The van der Waals surface area contributed by atoms with E-state index in [0.29, 0.717) is 22.7 Å². The van der Waals surface area contributed by atoms with Gasteiger partial charge in [0.15, 0.2) is 11.6 Å². The van der Waals surface area contributed by atoms with Gasteiger partial charge in [-0.1, -0.05) is 80.6 Å². The first-order valence-corrected chi connectivity index (χ1v) is 14.7. The highest BCUT2D eigenvalue weighted by molar-refractivity contribution is 6.16. The summed E-state index contributed by atoms with van der Waals surface area (Å²) in [4.78, 5) is 45.8. The Kier molecular flexibility index (Phi) is 6.38. The molecule has 0 aliphatic carbocycles. The van der Waals surface area contributed by atoms with E-state index in [4.69, 9.17) is 0 Å². The fourth-order valence-electron chi connectivity index (χ4n) is 7.41. The number of para-hydroxylation sites is 1. The van der Waals surface area contributed by atoms with Gasteiger partial charge in [-0.3, -0.25) is 14.4 Å². The fraction of sp³-hybridized carbons (Fsp3) is 0.216. The lowest BCUT2D eigenvalue weighted by atomic mass is 9.62. The van der Waals surface area contributed by atoms with Crippen molar-refractivity contribution in [3.05, 3.63) is 142 Å². The van der Waals surface area contributed by atoms with Crippen molar-refractivity contribution in [2.45, 2.75) is 37.8 Å². The van der Waals surface area contributed by atoms with Crippen molar-refractivity contribution in [1.82, 2.24) is 4.90 Å². The Hall–Kier alpha value is -4.84. The van der Waals surface area contributed by atoms with Crippen LogP contribution in [0, 0.1) is 17.7 Å². The van der Waals surface area contributed by atoms with Crippen molar-refractivity contribution in [3.63, 3.8) is 0 Å². The molecule has 4 atom stereocenters. The van der Waals surface area contributed by atoms with Crippen LogP contribution in [0.4, 0.5) is 10.1 Å². The Balaban J connectivity index is 1.48. The molecule has 0 radical (unpaired) electrons. The number of ketones is 2. The highest BCUT2D eigenvalue weighted by Gasteiger charge is 2.70. The van der Waals surface area contributed by atoms with Crippen LogP contribution < -0.4 is 5.32 Å². The summed E-state index contributed by atoms with van der Waals surface area (Å²) in [6, 6.07) is 26.6. The van der Waals surface area contributed by atoms with Gasteiger partial charge in [0.25, 0.3) is 0 Å². The van der Waals surface area contributed by atoms with E-state index in [0.717, 1.165) is 23.1 Å². The van der Waals surface area contributed by atoms with Crippen LogP contribution in [0.25, 0.3) is 6.08 Å². The SMILES string of the molecule is CC(C)Cc1ccc(C(=O)C2C(C(=O)c3ccc(F)cc3)N3C=Cc4ccccc4C3C23C(=O)Nc2ccccc23)cc1. The largest absolute Gasteiger partial charge is 0.358 e. The van der Waals surface area contributed by atoms with E-state index in [1.54, 1.807) is 0 Å². The van der Waals surface area contributed by atoms with Gasteiger partial charge in [-0.2, -0.15) is 0 Å². The van der Waals surface area contributed by atoms with Crippen LogP contribution in [-0.4, -0.2) is 28.4 Å². The average Bonchev–Trinajstić information content (AvgIpc) is 3.49. The third kappa shape index (κ3) is 4.08. The molecule has 3 heterocycles. The van der Waals surface area contributed by atoms with Crippen LogP contribution in [0.5, 0.6) is 0 Å². The van der Waals surface area contributed by atoms with Crippen molar-refractivity contribution in [1.29, 1.82) is 0 Å². The van der Waals surface area contributed by atoms with Gasteiger partial charge in [0.1, 0.15) is 17.3 Å². The summed E-state index contributed by atoms with van der Waals surface area (Å²) in [7, 11) is 0. The Labute approximate surface area is 250 Å². The van der Waals surface area contributed by atoms with E-state index in [2.05, 4.69) is 19.2 Å². The molecule has 43 heavy (non-hydrogen) atoms. The van der Waals surface area contributed by atoms with Crippen LogP contribution in [0.1, 0.15) is 62.9 Å². The van der Waals surface area contributed by atoms with Crippen LogP contribution in [-0.2, 0) is 16.6 Å². The number of benzene rings is 4. The first-order valence-electron chi connectivity index (χ1n) is 14.7. The summed E-state index contributed by atoms with van der Waals surface area (Å²) in [6.45, 7) is 4.29. The highest BCUT2D eigenvalue weighted by Crippen LogP contribution is 2.62. The van der Waals surface area contributed by atoms with Crippen LogP contribution in [0.3, 0.4) is 0 Å². The third-order valence-electron chi connectivity index (χ3n) is 9.13. The van der Waals surface area contributed by atoms with E-state index in [9.17, 15) is 18.8 Å². The average molecular weight is 571 g/mol. The van der Waals surface area contributed by atoms with Gasteiger partial charge in [-0.05, 0) is 71.0 Å². The van der Waals surface area contributed by atoms with E-state index in [1.165, 1.54) is 24.3 Å². The fourth-order valence-corrected chi connectivity index (χ4v) is 7.41. The lowest BCUT2D eigenvalue weighted by molar-refractivity contribution is -0.122. The van der Waals surface area contributed by atoms with Crippen LogP contribution >= 0.6 is 0 Å². The van der Waals surface area contributed by atoms with Crippen molar-refractivity contribution < 1.29 is 18.8 Å². The molecule has 4 aromatic carbocycles. The quantitative estimate of drug-likeness (QED) is 0.254. The predicted octanol–water partition coefficient (Wildman–Crippen LogP) is 7.01. The zero-order valence-electron chi connectivity index (χ0n) is 24.0. The number of Topliss-reactive ketones (excluding diaryl/α,β-unsaturated/α-hetero) is 2. The molecule has 1 saturated heterocycles. The monoisotopic (exact) mass is 570 g/mol. The van der Waals surface area contributed by atoms with Gasteiger partial charge >= 0.3 is 0 Å². The molecular weight excluding hydrogens is 539 g/mol. The number of anilines is 1. The molecule has 3 aliphatic heterocycles. The second-order valence-corrected chi connectivity index (χ2v) is 12.1. The van der Waals surface area contributed by atoms with Gasteiger partial charge in [0.2, 0.25) is 5.91 Å². The molecule has 0 saturated carbocycles. The molecule has 5 nitrogen and oxygen atoms in total. The third-order valence-corrected chi connectivity index (χ3v) is 9.13. The van der Waals surface area contributed by atoms with Gasteiger partial charge in [0, 0.05) is 23.0 Å². The molecule has 3 aliphatic rings. The zero-order chi connectivity index (χ0) is 29.9. The molecule has 6 heteroatoms. The maximum Gasteiger partial charge on any atom is 0.238 e. The number of carbonyl (C=O) groups excluding carboxylic acids is 3. The summed E-state index contributed by atoms with van der Waals surface area (Å²) in [6.07, 6.45) is 4.64. The van der Waals surface area contributed by atoms with Crippen molar-refractivity contribution >= 4 is 29.2 Å². The Bertz CT molecular complexity index is 1790. The summed E-state index contributed by atoms with van der Waals surface area (Å²) < 4.78 is 13.9. The normalized spacial score (nSPS) is 23.2. The molecule has 7 rings (SSSR count). The Morgan fingerprint density at radius 2 is 1.51 bits per heavy atom. The van der Waals surface area contributed by atoms with E-state index < -0.39 is 29.2 Å². The molecular formula is C37H31FN2O3. The number of fused-ring (bicyclic) bond motifs is 6. The zero-order valence-corrected chi connectivity index (χ0v) is 24.0. The standard InChI is InChI=1S/C37H31FN2O3/c1-22(2)21-23-11-13-25(14-12-23)33(41)31-32(34(42)26-15-17-27(38)18-16-26)40-20-19-24-7-3-4-8-28(24)35(40)37(31)29-9-5-6-10-30(29)39-36(37)43/h3-20,22,31-32,35H,21H2,1-2H3,(H,39,43). The molecule has 4 aromatic rings. The van der Waals surface area contributed by atoms with E-state index in [-0.39, 0.29) is 23.0 Å². The Morgan fingerprint density at radius 1 is 0.860 bits per heavy atom. The van der Waals surface area contributed by atoms with Crippen molar-refractivity contribution in [2.75, 3.05) is 5.32 Å². The molecule has 214 valence electrons. The van der Waals surface area contributed by atoms with E-state index in [1.807, 2.05) is 90.0 Å². The molecule has 1 fully saturated rings. The van der Waals surface area contributed by atoms with Gasteiger partial charge in [0.05, 0.1) is 12.0 Å². The summed E-state index contributed by atoms with van der Waals surface area (Å²) in [5, 5.41) is 3.06. The molecule has 1 spiro atoms. The van der Waals surface area contributed by atoms with E-state index >= 15 is 0 Å². The number of nitrogens with one attached hydrogen (secondary N) is 1. The number of amides is 1. The number of carbonyl (C=O) groups is 3. The molecule has 0 aromatic heterocycles. The predicted molar refractivity (Wildman–Crippen MR) is 164 cm³/mol. The van der Waals surface area contributed by atoms with Gasteiger partial charge < -0.3 is 10.2 Å². The number of nitrogens with zero attached hydrogens (tertiary/aromatic N) is 1. The summed E-state index contributed by atoms with van der Waals surface area (Å²) >= 11 is 0.